The number of benzene rings is 1. The minimum Gasteiger partial charge on any atom is -0.479 e. The molecule has 0 radical (unpaired) electrons. The number of hydrogen-bond donors (Lipinski definition) is 2. The standard InChI is InChI=1S/C13H17N3O3/c1-8-13(18)15-10-5-9(3-4-11(10)19-8)6-16(2)7-12(14)17/h3-5,8H,6-7H2,1-2H3,(H2,14,17)(H,15,18). The van der Waals surface area contributed by atoms with Gasteiger partial charge in [0, 0.05) is 6.54 Å². The molecule has 0 spiro atoms. The van der Waals surface area contributed by atoms with Crippen LogP contribution < -0.4 is 15.8 Å². The summed E-state index contributed by atoms with van der Waals surface area (Å²) < 4.78 is 5.47. The van der Waals surface area contributed by atoms with E-state index in [1.807, 2.05) is 18.2 Å². The van der Waals surface area contributed by atoms with Crippen molar-refractivity contribution >= 4 is 17.5 Å². The Morgan fingerprint density at radius 1 is 1.53 bits per heavy atom. The third kappa shape index (κ3) is 3.23. The van der Waals surface area contributed by atoms with Crippen LogP contribution >= 0.6 is 0 Å². The molecule has 1 heterocycles. The minimum absolute atomic E-state index is 0.157. The molecule has 0 bridgehead atoms. The second kappa shape index (κ2) is 5.27. The molecule has 0 aromatic heterocycles. The number of carbonyl (C=O) groups is 2. The fourth-order valence-electron chi connectivity index (χ4n) is 1.99. The van der Waals surface area contributed by atoms with E-state index in [1.165, 1.54) is 0 Å². The first-order chi connectivity index (χ1) is 8.95. The smallest absolute Gasteiger partial charge is 0.265 e. The van der Waals surface area contributed by atoms with Crippen LogP contribution in [0, 0.1) is 0 Å². The highest BCUT2D eigenvalue weighted by molar-refractivity contribution is 5.97. The molecule has 6 nitrogen and oxygen atoms in total. The van der Waals surface area contributed by atoms with Crippen molar-refractivity contribution in [2.75, 3.05) is 18.9 Å². The fourth-order valence-corrected chi connectivity index (χ4v) is 1.99. The van der Waals surface area contributed by atoms with Crippen LogP contribution in [0.5, 0.6) is 5.75 Å². The molecule has 1 unspecified atom stereocenters. The Morgan fingerprint density at radius 2 is 2.26 bits per heavy atom. The molecule has 6 heteroatoms. The van der Waals surface area contributed by atoms with Gasteiger partial charge < -0.3 is 15.8 Å². The number of carbonyl (C=O) groups excluding carboxylic acids is 2. The third-order valence-corrected chi connectivity index (χ3v) is 2.85. The molecule has 19 heavy (non-hydrogen) atoms. The summed E-state index contributed by atoms with van der Waals surface area (Å²) in [4.78, 5) is 24.1. The largest absolute Gasteiger partial charge is 0.479 e. The van der Waals surface area contributed by atoms with E-state index in [-0.39, 0.29) is 18.4 Å². The monoisotopic (exact) mass is 263 g/mol. The lowest BCUT2D eigenvalue weighted by Gasteiger charge is -2.24. The predicted octanol–water partition coefficient (Wildman–Crippen LogP) is 0.323. The van der Waals surface area contributed by atoms with Crippen molar-refractivity contribution in [1.82, 2.24) is 4.90 Å². The first-order valence-corrected chi connectivity index (χ1v) is 6.03. The summed E-state index contributed by atoms with van der Waals surface area (Å²) in [7, 11) is 1.81. The number of ether oxygens (including phenoxy) is 1. The van der Waals surface area contributed by atoms with Crippen LogP contribution in [-0.4, -0.2) is 36.4 Å². The first-order valence-electron chi connectivity index (χ1n) is 6.03. The van der Waals surface area contributed by atoms with Crippen molar-refractivity contribution < 1.29 is 14.3 Å². The van der Waals surface area contributed by atoms with Gasteiger partial charge in [0.1, 0.15) is 5.75 Å². The maximum atomic E-state index is 11.5. The van der Waals surface area contributed by atoms with Crippen molar-refractivity contribution in [3.8, 4) is 5.75 Å². The lowest BCUT2D eigenvalue weighted by Crippen LogP contribution is -2.34. The average molecular weight is 263 g/mol. The molecule has 102 valence electrons. The highest BCUT2D eigenvalue weighted by Crippen LogP contribution is 2.30. The number of fused-ring (bicyclic) bond motifs is 1. The fraction of sp³-hybridized carbons (Fsp3) is 0.385. The molecule has 1 aromatic carbocycles. The summed E-state index contributed by atoms with van der Waals surface area (Å²) in [5.41, 5.74) is 6.77. The Kier molecular flexibility index (Phi) is 3.71. The van der Waals surface area contributed by atoms with E-state index in [0.717, 1.165) is 5.56 Å². The van der Waals surface area contributed by atoms with Gasteiger partial charge in [-0.05, 0) is 31.7 Å². The molecule has 2 rings (SSSR count). The van der Waals surface area contributed by atoms with Gasteiger partial charge in [-0.1, -0.05) is 6.07 Å². The summed E-state index contributed by atoms with van der Waals surface area (Å²) in [5, 5.41) is 2.79. The van der Waals surface area contributed by atoms with Gasteiger partial charge in [0.15, 0.2) is 6.10 Å². The molecule has 3 N–H and O–H groups in total. The van der Waals surface area contributed by atoms with Crippen LogP contribution in [0.1, 0.15) is 12.5 Å². The van der Waals surface area contributed by atoms with E-state index >= 15 is 0 Å². The maximum Gasteiger partial charge on any atom is 0.265 e. The normalized spacial score (nSPS) is 17.6. The molecule has 0 aliphatic carbocycles. The lowest BCUT2D eigenvalue weighted by atomic mass is 10.1. The number of rotatable bonds is 4. The van der Waals surface area contributed by atoms with Crippen molar-refractivity contribution in [2.45, 2.75) is 19.6 Å². The lowest BCUT2D eigenvalue weighted by molar-refractivity contribution is -0.122. The Balaban J connectivity index is 2.11. The average Bonchev–Trinajstić information content (AvgIpc) is 2.30. The highest BCUT2D eigenvalue weighted by Gasteiger charge is 2.23. The SMILES string of the molecule is CC1Oc2ccc(CN(C)CC(N)=O)cc2NC1=O. The zero-order valence-electron chi connectivity index (χ0n) is 11.0. The van der Waals surface area contributed by atoms with Gasteiger partial charge in [0.2, 0.25) is 5.91 Å². The summed E-state index contributed by atoms with van der Waals surface area (Å²) in [6.07, 6.45) is -0.476. The van der Waals surface area contributed by atoms with E-state index < -0.39 is 6.10 Å². The van der Waals surface area contributed by atoms with E-state index in [1.54, 1.807) is 18.9 Å². The van der Waals surface area contributed by atoms with Crippen LogP contribution in [0.2, 0.25) is 0 Å². The van der Waals surface area contributed by atoms with E-state index in [9.17, 15) is 9.59 Å². The number of amides is 2. The molecule has 1 aromatic rings. The van der Waals surface area contributed by atoms with Gasteiger partial charge in [-0.3, -0.25) is 14.5 Å². The molecule has 1 aliphatic heterocycles. The molecule has 1 aliphatic rings. The Labute approximate surface area is 111 Å². The summed E-state index contributed by atoms with van der Waals surface area (Å²) in [6.45, 7) is 2.46. The molecule has 2 amide bonds. The predicted molar refractivity (Wildman–Crippen MR) is 70.7 cm³/mol. The van der Waals surface area contributed by atoms with E-state index in [2.05, 4.69) is 5.32 Å². The zero-order chi connectivity index (χ0) is 14.0. The van der Waals surface area contributed by atoms with E-state index in [0.29, 0.717) is 18.0 Å². The Morgan fingerprint density at radius 3 is 2.95 bits per heavy atom. The number of anilines is 1. The summed E-state index contributed by atoms with van der Waals surface area (Å²) >= 11 is 0. The molecule has 0 saturated carbocycles. The highest BCUT2D eigenvalue weighted by atomic mass is 16.5. The van der Waals surface area contributed by atoms with Crippen LogP contribution in [0.4, 0.5) is 5.69 Å². The quantitative estimate of drug-likeness (QED) is 0.819. The van der Waals surface area contributed by atoms with Crippen LogP contribution in [-0.2, 0) is 16.1 Å². The number of hydrogen-bond acceptors (Lipinski definition) is 4. The number of nitrogens with zero attached hydrogens (tertiary/aromatic N) is 1. The van der Waals surface area contributed by atoms with Gasteiger partial charge in [-0.2, -0.15) is 0 Å². The number of likely N-dealkylation sites (N-methyl/N-ethyl adjacent to an activating group) is 1. The second-order valence-electron chi connectivity index (χ2n) is 4.72. The molecule has 0 saturated heterocycles. The van der Waals surface area contributed by atoms with Gasteiger partial charge in [0.05, 0.1) is 12.2 Å². The van der Waals surface area contributed by atoms with Crippen molar-refractivity contribution in [3.63, 3.8) is 0 Å². The van der Waals surface area contributed by atoms with Crippen molar-refractivity contribution in [1.29, 1.82) is 0 Å². The molecular formula is C13H17N3O3. The summed E-state index contributed by atoms with van der Waals surface area (Å²) in [6, 6.07) is 5.57. The third-order valence-electron chi connectivity index (χ3n) is 2.85. The molecule has 1 atom stereocenters. The van der Waals surface area contributed by atoms with Crippen LogP contribution in [0.25, 0.3) is 0 Å². The van der Waals surface area contributed by atoms with Crippen molar-refractivity contribution in [3.05, 3.63) is 23.8 Å². The number of nitrogens with one attached hydrogen (secondary N) is 1. The minimum atomic E-state index is -0.476. The summed E-state index contributed by atoms with van der Waals surface area (Å²) in [5.74, 6) is 0.134. The van der Waals surface area contributed by atoms with Crippen molar-refractivity contribution in [2.24, 2.45) is 5.73 Å². The maximum absolute atomic E-state index is 11.5. The van der Waals surface area contributed by atoms with Crippen LogP contribution in [0.15, 0.2) is 18.2 Å². The van der Waals surface area contributed by atoms with Gasteiger partial charge >= 0.3 is 0 Å². The second-order valence-corrected chi connectivity index (χ2v) is 4.72. The Bertz CT molecular complexity index is 516. The van der Waals surface area contributed by atoms with Gasteiger partial charge in [-0.15, -0.1) is 0 Å². The van der Waals surface area contributed by atoms with Gasteiger partial charge in [0.25, 0.3) is 5.91 Å². The van der Waals surface area contributed by atoms with E-state index in [4.69, 9.17) is 10.5 Å². The zero-order valence-corrected chi connectivity index (χ0v) is 11.0. The number of primary amides is 1. The number of nitrogens with two attached hydrogens (primary N) is 1. The molecule has 0 fully saturated rings. The molecular weight excluding hydrogens is 246 g/mol. The first kappa shape index (κ1) is 13.4. The topological polar surface area (TPSA) is 84.7 Å². The van der Waals surface area contributed by atoms with Crippen LogP contribution in [0.3, 0.4) is 0 Å². The Hall–Kier alpha value is -2.08. The van der Waals surface area contributed by atoms with Gasteiger partial charge in [-0.25, -0.2) is 0 Å².